The number of rotatable bonds is 10. The van der Waals surface area contributed by atoms with Crippen molar-refractivity contribution in [3.8, 4) is 0 Å². The number of allylic oxidation sites excluding steroid dienone is 2. The Hall–Kier alpha value is -5.04. The Balaban J connectivity index is 1.52. The minimum absolute atomic E-state index is 0.0421. The molecule has 0 aliphatic carbocycles. The third-order valence-electron chi connectivity index (χ3n) is 7.10. The third kappa shape index (κ3) is 7.48. The van der Waals surface area contributed by atoms with Crippen molar-refractivity contribution >= 4 is 35.2 Å². The number of carbonyl (C=O) groups excluding carboxylic acids is 4. The minimum Gasteiger partial charge on any atom is -0.459 e. The summed E-state index contributed by atoms with van der Waals surface area (Å²) in [6, 6.07) is 11.7. The molecule has 2 aliphatic rings. The molecule has 0 radical (unpaired) electrons. The van der Waals surface area contributed by atoms with Crippen LogP contribution in [0.1, 0.15) is 62.4 Å². The molecule has 0 bridgehead atoms. The highest BCUT2D eigenvalue weighted by Gasteiger charge is 2.42. The summed E-state index contributed by atoms with van der Waals surface area (Å²) >= 11 is 0. The van der Waals surface area contributed by atoms with Crippen molar-refractivity contribution in [3.05, 3.63) is 92.3 Å². The van der Waals surface area contributed by atoms with E-state index >= 15 is 0 Å². The average Bonchev–Trinajstić information content (AvgIpc) is 3.40. The highest BCUT2D eigenvalue weighted by molar-refractivity contribution is 6.00. The molecule has 4 rings (SSSR count). The second-order valence-corrected chi connectivity index (χ2v) is 10.5. The molecule has 0 spiro atoms. The van der Waals surface area contributed by atoms with Gasteiger partial charge in [0.2, 0.25) is 11.7 Å². The molecule has 2 aliphatic heterocycles. The number of nitrogens with zero attached hydrogens (tertiary/aromatic N) is 1. The average molecular weight is 608 g/mol. The predicted octanol–water partition coefficient (Wildman–Crippen LogP) is 4.26. The Labute approximate surface area is 253 Å². The lowest BCUT2D eigenvalue weighted by molar-refractivity contribution is -0.384. The monoisotopic (exact) mass is 607 g/mol. The minimum atomic E-state index is -1.15. The Bertz CT molecular complexity index is 1540. The summed E-state index contributed by atoms with van der Waals surface area (Å²) in [5, 5.41) is 17.2. The standard InChI is InChI=1S/C31H33N3O10/c1-18-25(29(37)42-16-15-41-28(36)21-9-11-23(12-10-21)33-20(3)35)27(22-7-5-8-24(17-22)34(39)40)26(19(2)32-18)30(38)44-31(4)13-6-14-43-31/h5,7-12,17,27,32H,6,13-16H2,1-4H3,(H,33,35). The number of dihydropyridines is 1. The number of nitrogens with one attached hydrogen (secondary N) is 2. The fourth-order valence-electron chi connectivity index (χ4n) is 5.09. The first kappa shape index (κ1) is 31.9. The third-order valence-corrected chi connectivity index (χ3v) is 7.10. The van der Waals surface area contributed by atoms with Crippen LogP contribution < -0.4 is 10.6 Å². The molecule has 232 valence electrons. The maximum absolute atomic E-state index is 13.6. The summed E-state index contributed by atoms with van der Waals surface area (Å²) in [6.45, 7) is 6.15. The van der Waals surface area contributed by atoms with Crippen molar-refractivity contribution in [2.75, 3.05) is 25.1 Å². The van der Waals surface area contributed by atoms with Crippen LogP contribution in [0.15, 0.2) is 71.1 Å². The largest absolute Gasteiger partial charge is 0.459 e. The van der Waals surface area contributed by atoms with Crippen molar-refractivity contribution in [1.29, 1.82) is 0 Å². The van der Waals surface area contributed by atoms with E-state index in [0.29, 0.717) is 42.1 Å². The van der Waals surface area contributed by atoms with Crippen molar-refractivity contribution in [1.82, 2.24) is 5.32 Å². The number of carbonyl (C=O) groups is 4. The molecule has 1 fully saturated rings. The first-order valence-electron chi connectivity index (χ1n) is 13.9. The summed E-state index contributed by atoms with van der Waals surface area (Å²) in [6.07, 6.45) is 1.19. The number of anilines is 1. The highest BCUT2D eigenvalue weighted by atomic mass is 16.7. The van der Waals surface area contributed by atoms with E-state index < -0.39 is 34.5 Å². The van der Waals surface area contributed by atoms with E-state index in [1.54, 1.807) is 39.0 Å². The molecule has 2 atom stereocenters. The maximum Gasteiger partial charge on any atom is 0.339 e. The summed E-state index contributed by atoms with van der Waals surface area (Å²) in [5.74, 6) is -4.69. The van der Waals surface area contributed by atoms with Crippen molar-refractivity contribution in [3.63, 3.8) is 0 Å². The molecule has 1 amide bonds. The summed E-state index contributed by atoms with van der Waals surface area (Å²) in [4.78, 5) is 61.7. The lowest BCUT2D eigenvalue weighted by atomic mass is 9.80. The Morgan fingerprint density at radius 1 is 1.00 bits per heavy atom. The molecular formula is C31H33N3O10. The molecule has 2 aromatic rings. The lowest BCUT2D eigenvalue weighted by Gasteiger charge is -2.32. The van der Waals surface area contributed by atoms with E-state index in [2.05, 4.69) is 10.6 Å². The van der Waals surface area contributed by atoms with Crippen LogP contribution in [0.4, 0.5) is 11.4 Å². The van der Waals surface area contributed by atoms with Crippen LogP contribution in [0.2, 0.25) is 0 Å². The zero-order chi connectivity index (χ0) is 32.0. The first-order chi connectivity index (χ1) is 20.9. The second-order valence-electron chi connectivity index (χ2n) is 10.5. The number of ether oxygens (including phenoxy) is 4. The highest BCUT2D eigenvalue weighted by Crippen LogP contribution is 2.41. The van der Waals surface area contributed by atoms with Gasteiger partial charge in [-0.25, -0.2) is 14.4 Å². The molecule has 1 saturated heterocycles. The van der Waals surface area contributed by atoms with E-state index in [1.165, 1.54) is 37.3 Å². The van der Waals surface area contributed by atoms with Gasteiger partial charge in [-0.3, -0.25) is 14.9 Å². The topological polar surface area (TPSA) is 172 Å². The maximum atomic E-state index is 13.6. The quantitative estimate of drug-likeness (QED) is 0.130. The zero-order valence-corrected chi connectivity index (χ0v) is 24.8. The van der Waals surface area contributed by atoms with Gasteiger partial charge in [-0.15, -0.1) is 0 Å². The molecule has 0 aromatic heterocycles. The first-order valence-corrected chi connectivity index (χ1v) is 13.9. The molecule has 2 aromatic carbocycles. The molecule has 2 heterocycles. The van der Waals surface area contributed by atoms with Gasteiger partial charge in [0.05, 0.1) is 34.2 Å². The summed E-state index contributed by atoms with van der Waals surface area (Å²) in [5.41, 5.74) is 1.73. The normalized spacial score (nSPS) is 19.6. The molecule has 44 heavy (non-hydrogen) atoms. The molecule has 2 unspecified atom stereocenters. The lowest BCUT2D eigenvalue weighted by Crippen LogP contribution is -2.37. The van der Waals surface area contributed by atoms with Crippen LogP contribution in [0.3, 0.4) is 0 Å². The number of hydrogen-bond acceptors (Lipinski definition) is 11. The molecule has 13 nitrogen and oxygen atoms in total. The van der Waals surface area contributed by atoms with Gasteiger partial charge in [0.25, 0.3) is 5.69 Å². The van der Waals surface area contributed by atoms with E-state index in [4.69, 9.17) is 18.9 Å². The van der Waals surface area contributed by atoms with Gasteiger partial charge in [-0.1, -0.05) is 12.1 Å². The number of nitro groups is 1. The Kier molecular flexibility index (Phi) is 9.79. The SMILES string of the molecule is CC(=O)Nc1ccc(C(=O)OCCOC(=O)C2=C(C)NC(C)=C(C(=O)OC3(C)CCCO3)C2c2cccc([N+](=O)[O-])c2)cc1. The Morgan fingerprint density at radius 2 is 1.64 bits per heavy atom. The fraction of sp³-hybridized carbons (Fsp3) is 0.355. The number of esters is 3. The van der Waals surface area contributed by atoms with Crippen LogP contribution in [0, 0.1) is 10.1 Å². The Morgan fingerprint density at radius 3 is 2.23 bits per heavy atom. The van der Waals surface area contributed by atoms with Gasteiger partial charge < -0.3 is 29.6 Å². The predicted molar refractivity (Wildman–Crippen MR) is 156 cm³/mol. The van der Waals surface area contributed by atoms with Gasteiger partial charge in [-0.05, 0) is 50.1 Å². The number of nitro benzene ring substituents is 1. The van der Waals surface area contributed by atoms with Gasteiger partial charge in [-0.2, -0.15) is 0 Å². The van der Waals surface area contributed by atoms with Crippen LogP contribution in [0.5, 0.6) is 0 Å². The van der Waals surface area contributed by atoms with Crippen LogP contribution in [-0.4, -0.2) is 54.3 Å². The van der Waals surface area contributed by atoms with Gasteiger partial charge >= 0.3 is 17.9 Å². The molecular weight excluding hydrogens is 574 g/mol. The van der Waals surface area contributed by atoms with Gasteiger partial charge in [0, 0.05) is 49.5 Å². The summed E-state index contributed by atoms with van der Waals surface area (Å²) in [7, 11) is 0. The van der Waals surface area contributed by atoms with E-state index in [9.17, 15) is 29.3 Å². The number of hydrogen-bond donors (Lipinski definition) is 2. The van der Waals surface area contributed by atoms with Crippen LogP contribution >= 0.6 is 0 Å². The molecule has 13 heteroatoms. The van der Waals surface area contributed by atoms with Crippen molar-refractivity contribution < 1.29 is 43.0 Å². The van der Waals surface area contributed by atoms with Gasteiger partial charge in [0.1, 0.15) is 13.2 Å². The summed E-state index contributed by atoms with van der Waals surface area (Å²) < 4.78 is 22.0. The van der Waals surface area contributed by atoms with E-state index in [-0.39, 0.29) is 41.5 Å². The van der Waals surface area contributed by atoms with Crippen molar-refractivity contribution in [2.45, 2.75) is 52.2 Å². The van der Waals surface area contributed by atoms with E-state index in [1.807, 2.05) is 0 Å². The van der Waals surface area contributed by atoms with Crippen LogP contribution in [-0.2, 0) is 33.3 Å². The van der Waals surface area contributed by atoms with Crippen LogP contribution in [0.25, 0.3) is 0 Å². The zero-order valence-electron chi connectivity index (χ0n) is 24.8. The number of non-ortho nitro benzene ring substituents is 1. The van der Waals surface area contributed by atoms with Crippen molar-refractivity contribution in [2.24, 2.45) is 0 Å². The van der Waals surface area contributed by atoms with Gasteiger partial charge in [0.15, 0.2) is 0 Å². The fourth-order valence-corrected chi connectivity index (χ4v) is 5.09. The number of amides is 1. The smallest absolute Gasteiger partial charge is 0.339 e. The second kappa shape index (κ2) is 13.5. The molecule has 0 saturated carbocycles. The number of benzene rings is 2. The molecule has 2 N–H and O–H groups in total. The van der Waals surface area contributed by atoms with E-state index in [0.717, 1.165) is 0 Å².